The Balaban J connectivity index is 1.26. The van der Waals surface area contributed by atoms with E-state index in [1.807, 2.05) is 60.7 Å². The van der Waals surface area contributed by atoms with Gasteiger partial charge < -0.3 is 9.47 Å². The number of carbonyl (C=O) groups excluding carboxylic acids is 2. The van der Waals surface area contributed by atoms with E-state index >= 15 is 0 Å². The Morgan fingerprint density at radius 1 is 0.833 bits per heavy atom. The lowest BCUT2D eigenvalue weighted by atomic mass is 10.1. The Kier molecular flexibility index (Phi) is 8.26. The maximum atomic E-state index is 12.3. The molecule has 36 heavy (non-hydrogen) atoms. The van der Waals surface area contributed by atoms with Gasteiger partial charge in [0.1, 0.15) is 11.5 Å². The number of hydrogen-bond acceptors (Lipinski definition) is 5. The van der Waals surface area contributed by atoms with Crippen LogP contribution >= 0.6 is 15.9 Å². The number of hydrazone groups is 1. The minimum atomic E-state index is -0.732. The number of halogens is 1. The van der Waals surface area contributed by atoms with Gasteiger partial charge in [0.15, 0.2) is 6.10 Å². The number of nitrogens with zero attached hydrogens (tertiary/aromatic N) is 1. The van der Waals surface area contributed by atoms with Crippen LogP contribution < -0.4 is 14.9 Å². The zero-order chi connectivity index (χ0) is 25.3. The molecule has 0 aliphatic rings. The van der Waals surface area contributed by atoms with Crippen LogP contribution in [0.5, 0.6) is 11.5 Å². The first-order chi connectivity index (χ1) is 17.5. The van der Waals surface area contributed by atoms with Crippen molar-refractivity contribution < 1.29 is 19.1 Å². The van der Waals surface area contributed by atoms with Crippen molar-refractivity contribution in [3.63, 3.8) is 0 Å². The summed E-state index contributed by atoms with van der Waals surface area (Å²) < 4.78 is 11.9. The third-order valence-electron chi connectivity index (χ3n) is 5.18. The van der Waals surface area contributed by atoms with Crippen molar-refractivity contribution in [2.45, 2.75) is 13.0 Å². The van der Waals surface area contributed by atoms with Gasteiger partial charge in [-0.15, -0.1) is 0 Å². The van der Waals surface area contributed by atoms with Crippen LogP contribution in [-0.4, -0.2) is 24.2 Å². The number of benzene rings is 4. The first kappa shape index (κ1) is 24.9. The van der Waals surface area contributed by atoms with Crippen molar-refractivity contribution in [2.24, 2.45) is 5.10 Å². The molecule has 4 rings (SSSR count). The second-order valence-corrected chi connectivity index (χ2v) is 8.77. The standard InChI is InChI=1S/C29H23BrN2O4/c1-20(35-26-16-12-23(13-17-26)22-6-3-2-4-7-22)28(33)32-31-19-21-10-14-27(15-11-21)36-29(34)24-8-5-9-25(30)18-24/h2-20H,1H3,(H,32,33)/b31-19-/t20-/m1/s1. The van der Waals surface area contributed by atoms with E-state index in [1.54, 1.807) is 49.4 Å². The first-order valence-electron chi connectivity index (χ1n) is 11.2. The molecule has 0 spiro atoms. The van der Waals surface area contributed by atoms with Gasteiger partial charge in [-0.25, -0.2) is 10.2 Å². The summed E-state index contributed by atoms with van der Waals surface area (Å²) >= 11 is 3.34. The van der Waals surface area contributed by atoms with Gasteiger partial charge in [-0.05, 0) is 78.2 Å². The van der Waals surface area contributed by atoms with E-state index < -0.39 is 12.1 Å². The lowest BCUT2D eigenvalue weighted by Crippen LogP contribution is -2.33. The number of carbonyl (C=O) groups is 2. The summed E-state index contributed by atoms with van der Waals surface area (Å²) in [6, 6.07) is 31.3. The maximum absolute atomic E-state index is 12.3. The molecule has 0 aliphatic heterocycles. The third kappa shape index (κ3) is 6.90. The highest BCUT2D eigenvalue weighted by molar-refractivity contribution is 9.10. The van der Waals surface area contributed by atoms with Gasteiger partial charge in [0.2, 0.25) is 0 Å². The minimum Gasteiger partial charge on any atom is -0.481 e. The van der Waals surface area contributed by atoms with Crippen molar-refractivity contribution in [3.05, 3.63) is 119 Å². The van der Waals surface area contributed by atoms with Crippen molar-refractivity contribution in [1.82, 2.24) is 5.43 Å². The second-order valence-electron chi connectivity index (χ2n) is 7.85. The Bertz CT molecular complexity index is 1350. The fraction of sp³-hybridized carbons (Fsp3) is 0.0690. The molecule has 1 amide bonds. The summed E-state index contributed by atoms with van der Waals surface area (Å²) in [6.45, 7) is 1.66. The molecule has 6 nitrogen and oxygen atoms in total. The molecule has 0 saturated heterocycles. The molecule has 0 fully saturated rings. The fourth-order valence-corrected chi connectivity index (χ4v) is 3.68. The van der Waals surface area contributed by atoms with E-state index in [0.717, 1.165) is 21.2 Å². The summed E-state index contributed by atoms with van der Waals surface area (Å²) in [7, 11) is 0. The molecule has 0 aromatic heterocycles. The van der Waals surface area contributed by atoms with E-state index in [2.05, 4.69) is 26.5 Å². The summed E-state index contributed by atoms with van der Waals surface area (Å²) in [5.74, 6) is 0.169. The van der Waals surface area contributed by atoms with Crippen LogP contribution in [0.4, 0.5) is 0 Å². The van der Waals surface area contributed by atoms with E-state index in [0.29, 0.717) is 17.1 Å². The van der Waals surface area contributed by atoms with E-state index in [9.17, 15) is 9.59 Å². The number of esters is 1. The van der Waals surface area contributed by atoms with E-state index in [-0.39, 0.29) is 5.91 Å². The van der Waals surface area contributed by atoms with Crippen LogP contribution in [0.15, 0.2) is 113 Å². The van der Waals surface area contributed by atoms with Crippen LogP contribution in [-0.2, 0) is 4.79 Å². The summed E-state index contributed by atoms with van der Waals surface area (Å²) in [5.41, 5.74) is 5.83. The smallest absolute Gasteiger partial charge is 0.343 e. The number of rotatable bonds is 8. The van der Waals surface area contributed by atoms with Gasteiger partial charge in [-0.1, -0.05) is 64.5 Å². The van der Waals surface area contributed by atoms with Crippen molar-refractivity contribution >= 4 is 34.0 Å². The quantitative estimate of drug-likeness (QED) is 0.123. The highest BCUT2D eigenvalue weighted by Gasteiger charge is 2.14. The Morgan fingerprint density at radius 2 is 1.50 bits per heavy atom. The van der Waals surface area contributed by atoms with Gasteiger partial charge in [-0.3, -0.25) is 4.79 Å². The molecule has 0 bridgehead atoms. The highest BCUT2D eigenvalue weighted by atomic mass is 79.9. The Labute approximate surface area is 217 Å². The molecular weight excluding hydrogens is 520 g/mol. The topological polar surface area (TPSA) is 77.0 Å². The van der Waals surface area contributed by atoms with Gasteiger partial charge >= 0.3 is 5.97 Å². The van der Waals surface area contributed by atoms with Gasteiger partial charge in [-0.2, -0.15) is 5.10 Å². The maximum Gasteiger partial charge on any atom is 0.343 e. The van der Waals surface area contributed by atoms with E-state index in [4.69, 9.17) is 9.47 Å². The number of ether oxygens (including phenoxy) is 2. The predicted octanol–water partition coefficient (Wildman–Crippen LogP) is 6.25. The van der Waals surface area contributed by atoms with Gasteiger partial charge in [0, 0.05) is 4.47 Å². The first-order valence-corrected chi connectivity index (χ1v) is 12.0. The third-order valence-corrected chi connectivity index (χ3v) is 5.68. The van der Waals surface area contributed by atoms with Crippen LogP contribution in [0.2, 0.25) is 0 Å². The zero-order valence-corrected chi connectivity index (χ0v) is 21.0. The molecular formula is C29H23BrN2O4. The number of amides is 1. The Hall–Kier alpha value is -4.23. The molecule has 0 aliphatic carbocycles. The van der Waals surface area contributed by atoms with Crippen LogP contribution in [0.25, 0.3) is 11.1 Å². The molecule has 0 heterocycles. The summed E-state index contributed by atoms with van der Waals surface area (Å²) in [6.07, 6.45) is 0.767. The molecule has 180 valence electrons. The van der Waals surface area contributed by atoms with Crippen molar-refractivity contribution in [3.8, 4) is 22.6 Å². The molecule has 0 radical (unpaired) electrons. The average Bonchev–Trinajstić information content (AvgIpc) is 2.90. The summed E-state index contributed by atoms with van der Waals surface area (Å²) in [5, 5.41) is 3.99. The van der Waals surface area contributed by atoms with Gasteiger partial charge in [0.05, 0.1) is 11.8 Å². The second kappa shape index (κ2) is 12.0. The zero-order valence-electron chi connectivity index (χ0n) is 19.4. The summed E-state index contributed by atoms with van der Waals surface area (Å²) in [4.78, 5) is 24.6. The largest absolute Gasteiger partial charge is 0.481 e. The normalized spacial score (nSPS) is 11.6. The van der Waals surface area contributed by atoms with Crippen LogP contribution in [0.3, 0.4) is 0 Å². The molecule has 0 saturated carbocycles. The SMILES string of the molecule is C[C@@H](Oc1ccc(-c2ccccc2)cc1)C(=O)N/N=C\c1ccc(OC(=O)c2cccc(Br)c2)cc1. The lowest BCUT2D eigenvalue weighted by Gasteiger charge is -2.13. The number of hydrogen-bond donors (Lipinski definition) is 1. The van der Waals surface area contributed by atoms with Crippen molar-refractivity contribution in [1.29, 1.82) is 0 Å². The monoisotopic (exact) mass is 542 g/mol. The van der Waals surface area contributed by atoms with Crippen LogP contribution in [0, 0.1) is 0 Å². The predicted molar refractivity (Wildman–Crippen MR) is 143 cm³/mol. The molecule has 0 unspecified atom stereocenters. The van der Waals surface area contributed by atoms with Gasteiger partial charge in [0.25, 0.3) is 5.91 Å². The van der Waals surface area contributed by atoms with Crippen LogP contribution in [0.1, 0.15) is 22.8 Å². The molecule has 4 aromatic carbocycles. The van der Waals surface area contributed by atoms with E-state index in [1.165, 1.54) is 6.21 Å². The average molecular weight is 543 g/mol. The fourth-order valence-electron chi connectivity index (χ4n) is 3.28. The number of nitrogens with one attached hydrogen (secondary N) is 1. The molecule has 1 N–H and O–H groups in total. The lowest BCUT2D eigenvalue weighted by molar-refractivity contribution is -0.127. The minimum absolute atomic E-state index is 0.377. The molecule has 1 atom stereocenters. The Morgan fingerprint density at radius 3 is 2.19 bits per heavy atom. The molecule has 7 heteroatoms. The highest BCUT2D eigenvalue weighted by Crippen LogP contribution is 2.22. The van der Waals surface area contributed by atoms with Crippen molar-refractivity contribution in [2.75, 3.05) is 0 Å². The molecule has 4 aromatic rings.